The molecule has 6 heteroatoms. The van der Waals surface area contributed by atoms with E-state index in [1.165, 1.54) is 9.10 Å². The lowest BCUT2D eigenvalue weighted by Crippen LogP contribution is -1.88. The molecule has 0 aliphatic rings. The molecule has 0 aliphatic carbocycles. The summed E-state index contributed by atoms with van der Waals surface area (Å²) in [4.78, 5) is 9.95. The zero-order valence-electron chi connectivity index (χ0n) is 9.54. The molecule has 0 saturated carbocycles. The van der Waals surface area contributed by atoms with Crippen molar-refractivity contribution in [3.63, 3.8) is 0 Å². The zero-order valence-corrected chi connectivity index (χ0v) is 11.1. The number of hydrogen-bond acceptors (Lipinski definition) is 4. The summed E-state index contributed by atoms with van der Waals surface area (Å²) in [7, 11) is 0. The zero-order chi connectivity index (χ0) is 12.5. The van der Waals surface area contributed by atoms with Crippen molar-refractivity contribution >= 4 is 34.6 Å². The van der Waals surface area contributed by atoms with Gasteiger partial charge in [-0.3, -0.25) is 0 Å². The lowest BCUT2D eigenvalue weighted by Gasteiger charge is -2.01. The minimum absolute atomic E-state index is 0.683. The second-order valence-electron chi connectivity index (χ2n) is 3.71. The lowest BCUT2D eigenvalue weighted by atomic mass is 10.2. The van der Waals surface area contributed by atoms with Crippen LogP contribution in [-0.2, 0) is 0 Å². The van der Waals surface area contributed by atoms with E-state index in [4.69, 9.17) is 11.8 Å². The van der Waals surface area contributed by atoms with Crippen LogP contribution in [0.15, 0.2) is 41.6 Å². The fourth-order valence-electron chi connectivity index (χ4n) is 1.69. The number of hydrogen-bond donors (Lipinski definition) is 0. The summed E-state index contributed by atoms with van der Waals surface area (Å²) in [6, 6.07) is 8.12. The van der Waals surface area contributed by atoms with E-state index in [1.807, 2.05) is 18.4 Å². The first-order chi connectivity index (χ1) is 8.76. The Morgan fingerprint density at radius 2 is 2.17 bits per heavy atom. The second kappa shape index (κ2) is 4.59. The molecule has 1 aromatic carbocycles. The molecule has 0 saturated heterocycles. The van der Waals surface area contributed by atoms with E-state index in [0.717, 1.165) is 11.1 Å². The van der Waals surface area contributed by atoms with Crippen LogP contribution in [0.5, 0.6) is 0 Å². The standard InChI is InChI=1S/C12H9ClN4S/c1-18-9-4-2-3-8(5-9)12-14-6-10-11(15-12)7-17(13)16-10/h2-7H,1H3. The van der Waals surface area contributed by atoms with E-state index in [9.17, 15) is 0 Å². The van der Waals surface area contributed by atoms with Gasteiger partial charge in [-0.1, -0.05) is 12.1 Å². The molecule has 0 fully saturated rings. The van der Waals surface area contributed by atoms with E-state index >= 15 is 0 Å². The normalized spacial score (nSPS) is 11.0. The van der Waals surface area contributed by atoms with Crippen molar-refractivity contribution in [2.45, 2.75) is 4.90 Å². The molecule has 18 heavy (non-hydrogen) atoms. The van der Waals surface area contributed by atoms with Gasteiger partial charge in [0.05, 0.1) is 12.4 Å². The maximum Gasteiger partial charge on any atom is 0.160 e. The minimum Gasteiger partial charge on any atom is -0.234 e. The topological polar surface area (TPSA) is 43.6 Å². The van der Waals surface area contributed by atoms with Gasteiger partial charge in [-0.2, -0.15) is 9.30 Å². The number of aromatic nitrogens is 4. The van der Waals surface area contributed by atoms with Gasteiger partial charge < -0.3 is 0 Å². The molecule has 4 nitrogen and oxygen atoms in total. The minimum atomic E-state index is 0.683. The van der Waals surface area contributed by atoms with Gasteiger partial charge in [-0.25, -0.2) is 9.97 Å². The summed E-state index contributed by atoms with van der Waals surface area (Å²) in [5.74, 6) is 0.683. The molecule has 0 spiro atoms. The van der Waals surface area contributed by atoms with Gasteiger partial charge in [0, 0.05) is 22.2 Å². The van der Waals surface area contributed by atoms with E-state index in [2.05, 4.69) is 27.2 Å². The fraction of sp³-hybridized carbons (Fsp3) is 0.0833. The maximum absolute atomic E-state index is 5.76. The van der Waals surface area contributed by atoms with Crippen LogP contribution >= 0.6 is 23.5 Å². The van der Waals surface area contributed by atoms with Crippen LogP contribution in [0.2, 0.25) is 0 Å². The molecule has 0 atom stereocenters. The van der Waals surface area contributed by atoms with Gasteiger partial charge >= 0.3 is 0 Å². The maximum atomic E-state index is 5.76. The first kappa shape index (κ1) is 11.5. The number of thioether (sulfide) groups is 1. The van der Waals surface area contributed by atoms with Gasteiger partial charge in [-0.05, 0) is 18.4 Å². The van der Waals surface area contributed by atoms with E-state index in [1.54, 1.807) is 24.2 Å². The van der Waals surface area contributed by atoms with Gasteiger partial charge in [0.2, 0.25) is 0 Å². The number of halogens is 1. The van der Waals surface area contributed by atoms with Crippen molar-refractivity contribution in [2.24, 2.45) is 0 Å². The van der Waals surface area contributed by atoms with Crippen LogP contribution < -0.4 is 0 Å². The molecule has 0 amide bonds. The summed E-state index contributed by atoms with van der Waals surface area (Å²) < 4.78 is 1.22. The summed E-state index contributed by atoms with van der Waals surface area (Å²) in [6.45, 7) is 0. The molecule has 0 N–H and O–H groups in total. The van der Waals surface area contributed by atoms with Crippen LogP contribution in [0.3, 0.4) is 0 Å². The van der Waals surface area contributed by atoms with Gasteiger partial charge in [0.15, 0.2) is 5.82 Å². The molecule has 0 radical (unpaired) electrons. The van der Waals surface area contributed by atoms with Crippen molar-refractivity contribution in [1.82, 2.24) is 19.3 Å². The van der Waals surface area contributed by atoms with Gasteiger partial charge in [0.1, 0.15) is 11.0 Å². The lowest BCUT2D eigenvalue weighted by molar-refractivity contribution is 1.01. The van der Waals surface area contributed by atoms with Crippen molar-refractivity contribution in [3.05, 3.63) is 36.7 Å². The molecule has 90 valence electrons. The SMILES string of the molecule is CSc1cccc(-c2ncc3nn(Cl)cc3n2)c1. The Balaban J connectivity index is 2.12. The predicted molar refractivity (Wildman–Crippen MR) is 73.8 cm³/mol. The summed E-state index contributed by atoms with van der Waals surface area (Å²) >= 11 is 7.46. The number of benzene rings is 1. The van der Waals surface area contributed by atoms with Crippen LogP contribution in [0, 0.1) is 0 Å². The number of fused-ring (bicyclic) bond motifs is 1. The third kappa shape index (κ3) is 2.07. The monoisotopic (exact) mass is 276 g/mol. The Morgan fingerprint density at radius 1 is 1.28 bits per heavy atom. The predicted octanol–water partition coefficient (Wildman–Crippen LogP) is 3.22. The molecular formula is C12H9ClN4S. The van der Waals surface area contributed by atoms with Crippen LogP contribution in [0.25, 0.3) is 22.4 Å². The number of rotatable bonds is 2. The molecule has 0 bridgehead atoms. The molecule has 2 aromatic heterocycles. The molecule has 2 heterocycles. The first-order valence-corrected chi connectivity index (χ1v) is 6.85. The van der Waals surface area contributed by atoms with Crippen LogP contribution in [-0.4, -0.2) is 25.5 Å². The Hall–Kier alpha value is -1.59. The van der Waals surface area contributed by atoms with E-state index in [-0.39, 0.29) is 0 Å². The molecule has 0 unspecified atom stereocenters. The van der Waals surface area contributed by atoms with Crippen molar-refractivity contribution in [2.75, 3.05) is 6.26 Å². The first-order valence-electron chi connectivity index (χ1n) is 5.29. The average Bonchev–Trinajstić information content (AvgIpc) is 2.77. The molecule has 3 aromatic rings. The van der Waals surface area contributed by atoms with Crippen molar-refractivity contribution in [3.8, 4) is 11.4 Å². The summed E-state index contributed by atoms with van der Waals surface area (Å²) in [5, 5.41) is 4.03. The third-order valence-electron chi connectivity index (χ3n) is 2.56. The van der Waals surface area contributed by atoms with Crippen molar-refractivity contribution < 1.29 is 0 Å². The average molecular weight is 277 g/mol. The summed E-state index contributed by atoms with van der Waals surface area (Å²) in [6.07, 6.45) is 5.39. The number of nitrogens with zero attached hydrogens (tertiary/aromatic N) is 4. The Bertz CT molecular complexity index is 710. The van der Waals surface area contributed by atoms with E-state index < -0.39 is 0 Å². The van der Waals surface area contributed by atoms with Crippen molar-refractivity contribution in [1.29, 1.82) is 0 Å². The van der Waals surface area contributed by atoms with Gasteiger partial charge in [-0.15, -0.1) is 11.8 Å². The molecule has 0 aliphatic heterocycles. The van der Waals surface area contributed by atoms with Gasteiger partial charge in [0.25, 0.3) is 0 Å². The Labute approximate surface area is 113 Å². The molecular weight excluding hydrogens is 268 g/mol. The third-order valence-corrected chi connectivity index (χ3v) is 3.46. The highest BCUT2D eigenvalue weighted by Crippen LogP contribution is 2.23. The second-order valence-corrected chi connectivity index (χ2v) is 4.94. The van der Waals surface area contributed by atoms with Crippen LogP contribution in [0.1, 0.15) is 0 Å². The largest absolute Gasteiger partial charge is 0.234 e. The van der Waals surface area contributed by atoms with Crippen LogP contribution in [0.4, 0.5) is 0 Å². The summed E-state index contributed by atoms with van der Waals surface area (Å²) in [5.41, 5.74) is 2.42. The highest BCUT2D eigenvalue weighted by Gasteiger charge is 2.06. The Morgan fingerprint density at radius 3 is 3.00 bits per heavy atom. The molecule has 3 rings (SSSR count). The fourth-order valence-corrected chi connectivity index (χ4v) is 2.33. The quantitative estimate of drug-likeness (QED) is 0.674. The highest BCUT2D eigenvalue weighted by molar-refractivity contribution is 7.98. The Kier molecular flexibility index (Phi) is 2.93. The smallest absolute Gasteiger partial charge is 0.160 e. The highest BCUT2D eigenvalue weighted by atomic mass is 35.5. The van der Waals surface area contributed by atoms with E-state index in [0.29, 0.717) is 11.3 Å².